The number of nitrogens with one attached hydrogen (secondary N) is 1. The molecule has 1 aromatic carbocycles. The van der Waals surface area contributed by atoms with E-state index < -0.39 is 0 Å². The van der Waals surface area contributed by atoms with E-state index in [1.54, 1.807) is 0 Å². The van der Waals surface area contributed by atoms with Gasteiger partial charge in [-0.15, -0.1) is 0 Å². The maximum Gasteiger partial charge on any atom is 0.227 e. The first-order valence-corrected chi connectivity index (χ1v) is 8.75. The number of amides is 1. The summed E-state index contributed by atoms with van der Waals surface area (Å²) in [6, 6.07) is 7.88. The summed E-state index contributed by atoms with van der Waals surface area (Å²) in [7, 11) is 0. The molecule has 6 nitrogen and oxygen atoms in total. The first-order chi connectivity index (χ1) is 11.2. The number of halogens is 1. The predicted octanol–water partition coefficient (Wildman–Crippen LogP) is 2.57. The second-order valence-electron chi connectivity index (χ2n) is 5.46. The molecule has 3 rings (SSSR count). The van der Waals surface area contributed by atoms with E-state index in [1.807, 2.05) is 24.3 Å². The third kappa shape index (κ3) is 4.74. The van der Waals surface area contributed by atoms with Gasteiger partial charge in [0, 0.05) is 35.1 Å². The molecule has 1 aliphatic heterocycles. The van der Waals surface area contributed by atoms with Crippen LogP contribution < -0.4 is 5.32 Å². The highest BCUT2D eigenvalue weighted by atomic mass is 127. The summed E-state index contributed by atoms with van der Waals surface area (Å²) in [6.07, 6.45) is 3.03. The summed E-state index contributed by atoms with van der Waals surface area (Å²) >= 11 is 2.25. The van der Waals surface area contributed by atoms with Crippen LogP contribution in [0, 0.1) is 3.57 Å². The Hall–Kier alpha value is -1.48. The number of hydrogen-bond acceptors (Lipinski definition) is 5. The van der Waals surface area contributed by atoms with Crippen LogP contribution in [0.5, 0.6) is 0 Å². The van der Waals surface area contributed by atoms with Crippen molar-refractivity contribution in [3.63, 3.8) is 0 Å². The number of hydrogen-bond donors (Lipinski definition) is 1. The average molecular weight is 427 g/mol. The summed E-state index contributed by atoms with van der Waals surface area (Å²) in [5.74, 6) is 1.01. The Morgan fingerprint density at radius 2 is 2.17 bits per heavy atom. The van der Waals surface area contributed by atoms with Gasteiger partial charge >= 0.3 is 0 Å². The highest BCUT2D eigenvalue weighted by molar-refractivity contribution is 14.1. The van der Waals surface area contributed by atoms with Crippen molar-refractivity contribution in [2.24, 2.45) is 0 Å². The zero-order valence-electron chi connectivity index (χ0n) is 12.6. The zero-order valence-corrected chi connectivity index (χ0v) is 14.8. The zero-order chi connectivity index (χ0) is 16.1. The molecule has 2 heterocycles. The molecule has 0 saturated carbocycles. The SMILES string of the molecule is O=C(CCc1nc(-c2ccc(I)cc2)no1)NC[C@@H]1CCCO1. The molecule has 0 radical (unpaired) electrons. The topological polar surface area (TPSA) is 77.2 Å². The minimum atomic E-state index is -0.0190. The standard InChI is InChI=1S/C16H18IN3O3/c17-12-5-3-11(4-6-12)16-19-15(23-20-16)8-7-14(21)18-10-13-2-1-9-22-13/h3-6,13H,1-2,7-10H2,(H,18,21)/t13-/m0/s1. The van der Waals surface area contributed by atoms with Gasteiger partial charge in [-0.25, -0.2) is 0 Å². The van der Waals surface area contributed by atoms with E-state index in [9.17, 15) is 4.79 Å². The number of benzene rings is 1. The predicted molar refractivity (Wildman–Crippen MR) is 92.8 cm³/mol. The van der Waals surface area contributed by atoms with E-state index in [2.05, 4.69) is 38.0 Å². The van der Waals surface area contributed by atoms with Gasteiger partial charge in [-0.3, -0.25) is 4.79 Å². The normalized spacial score (nSPS) is 17.3. The monoisotopic (exact) mass is 427 g/mol. The molecule has 23 heavy (non-hydrogen) atoms. The Kier molecular flexibility index (Phi) is 5.60. The first kappa shape index (κ1) is 16.4. The van der Waals surface area contributed by atoms with Crippen LogP contribution in [0.15, 0.2) is 28.8 Å². The van der Waals surface area contributed by atoms with Crippen LogP contribution in [0.3, 0.4) is 0 Å². The van der Waals surface area contributed by atoms with Crippen molar-refractivity contribution in [2.45, 2.75) is 31.8 Å². The molecule has 1 aromatic heterocycles. The van der Waals surface area contributed by atoms with Gasteiger partial charge in [-0.1, -0.05) is 17.3 Å². The minimum absolute atomic E-state index is 0.0190. The molecule has 1 fully saturated rings. The molecule has 0 spiro atoms. The van der Waals surface area contributed by atoms with Crippen molar-refractivity contribution in [1.29, 1.82) is 0 Å². The van der Waals surface area contributed by atoms with Gasteiger partial charge in [0.15, 0.2) is 0 Å². The molecule has 1 N–H and O–H groups in total. The highest BCUT2D eigenvalue weighted by Crippen LogP contribution is 2.17. The fourth-order valence-corrected chi connectivity index (χ4v) is 2.77. The Bertz CT molecular complexity index is 651. The molecule has 122 valence electrons. The Morgan fingerprint density at radius 3 is 2.91 bits per heavy atom. The highest BCUT2D eigenvalue weighted by Gasteiger charge is 2.16. The number of carbonyl (C=O) groups excluding carboxylic acids is 1. The van der Waals surface area contributed by atoms with Gasteiger partial charge in [-0.2, -0.15) is 4.98 Å². The summed E-state index contributed by atoms with van der Waals surface area (Å²) < 4.78 is 11.8. The molecule has 1 amide bonds. The maximum atomic E-state index is 11.8. The van der Waals surface area contributed by atoms with E-state index in [0.29, 0.717) is 31.1 Å². The van der Waals surface area contributed by atoms with Gasteiger partial charge in [0.25, 0.3) is 0 Å². The lowest BCUT2D eigenvalue weighted by atomic mass is 10.2. The van der Waals surface area contributed by atoms with E-state index in [0.717, 1.165) is 28.6 Å². The van der Waals surface area contributed by atoms with Gasteiger partial charge in [0.2, 0.25) is 17.6 Å². The largest absolute Gasteiger partial charge is 0.376 e. The number of nitrogens with zero attached hydrogens (tertiary/aromatic N) is 2. The van der Waals surface area contributed by atoms with E-state index >= 15 is 0 Å². The molecular formula is C16H18IN3O3. The Morgan fingerprint density at radius 1 is 1.35 bits per heavy atom. The third-order valence-corrected chi connectivity index (χ3v) is 4.41. The van der Waals surface area contributed by atoms with Gasteiger partial charge in [0.1, 0.15) is 0 Å². The van der Waals surface area contributed by atoms with Crippen LogP contribution in [0.4, 0.5) is 0 Å². The van der Waals surface area contributed by atoms with Crippen molar-refractivity contribution in [2.75, 3.05) is 13.2 Å². The van der Waals surface area contributed by atoms with Gasteiger partial charge in [0.05, 0.1) is 6.10 Å². The van der Waals surface area contributed by atoms with Crippen molar-refractivity contribution in [1.82, 2.24) is 15.5 Å². The second-order valence-corrected chi connectivity index (χ2v) is 6.70. The molecule has 0 aliphatic carbocycles. The number of aryl methyl sites for hydroxylation is 1. The quantitative estimate of drug-likeness (QED) is 0.718. The molecule has 1 atom stereocenters. The van der Waals surface area contributed by atoms with E-state index in [-0.39, 0.29) is 12.0 Å². The Labute approximate surface area is 148 Å². The number of rotatable bonds is 6. The van der Waals surface area contributed by atoms with E-state index in [1.165, 1.54) is 0 Å². The summed E-state index contributed by atoms with van der Waals surface area (Å²) in [4.78, 5) is 16.2. The van der Waals surface area contributed by atoms with Gasteiger partial charge in [-0.05, 0) is 47.6 Å². The minimum Gasteiger partial charge on any atom is -0.376 e. The summed E-state index contributed by atoms with van der Waals surface area (Å²) in [5.41, 5.74) is 0.906. The van der Waals surface area contributed by atoms with E-state index in [4.69, 9.17) is 9.26 Å². The molecule has 0 unspecified atom stereocenters. The van der Waals surface area contributed by atoms with Crippen molar-refractivity contribution < 1.29 is 14.1 Å². The smallest absolute Gasteiger partial charge is 0.227 e. The molecule has 2 aromatic rings. The number of aromatic nitrogens is 2. The molecule has 1 aliphatic rings. The first-order valence-electron chi connectivity index (χ1n) is 7.67. The molecule has 1 saturated heterocycles. The van der Waals surface area contributed by atoms with Crippen LogP contribution in [0.2, 0.25) is 0 Å². The van der Waals surface area contributed by atoms with Gasteiger partial charge < -0.3 is 14.6 Å². The van der Waals surface area contributed by atoms with Crippen LogP contribution in [-0.4, -0.2) is 35.3 Å². The number of ether oxygens (including phenoxy) is 1. The van der Waals surface area contributed by atoms with Crippen LogP contribution in [-0.2, 0) is 16.0 Å². The summed E-state index contributed by atoms with van der Waals surface area (Å²) in [6.45, 7) is 1.38. The lowest BCUT2D eigenvalue weighted by molar-refractivity contribution is -0.121. The number of carbonyl (C=O) groups is 1. The van der Waals surface area contributed by atoms with Crippen LogP contribution in [0.25, 0.3) is 11.4 Å². The van der Waals surface area contributed by atoms with Crippen LogP contribution >= 0.6 is 22.6 Å². The fourth-order valence-electron chi connectivity index (χ4n) is 2.41. The molecular weight excluding hydrogens is 409 g/mol. The lowest BCUT2D eigenvalue weighted by Crippen LogP contribution is -2.31. The lowest BCUT2D eigenvalue weighted by Gasteiger charge is -2.09. The van der Waals surface area contributed by atoms with Crippen molar-refractivity contribution in [3.8, 4) is 11.4 Å². The molecule has 0 bridgehead atoms. The second kappa shape index (κ2) is 7.87. The van der Waals surface area contributed by atoms with Crippen molar-refractivity contribution in [3.05, 3.63) is 33.7 Å². The van der Waals surface area contributed by atoms with Crippen LogP contribution in [0.1, 0.15) is 25.2 Å². The summed E-state index contributed by atoms with van der Waals surface area (Å²) in [5, 5.41) is 6.85. The molecule has 7 heteroatoms. The third-order valence-electron chi connectivity index (χ3n) is 3.69. The Balaban J connectivity index is 1.47. The average Bonchev–Trinajstić information content (AvgIpc) is 3.23. The van der Waals surface area contributed by atoms with Crippen molar-refractivity contribution >= 4 is 28.5 Å². The fraction of sp³-hybridized carbons (Fsp3) is 0.438. The maximum absolute atomic E-state index is 11.8.